The lowest BCUT2D eigenvalue weighted by Gasteiger charge is -2.09. The molecule has 4 nitrogen and oxygen atoms in total. The van der Waals surface area contributed by atoms with Gasteiger partial charge in [-0.05, 0) is 36.7 Å². The Labute approximate surface area is 116 Å². The fourth-order valence-electron chi connectivity index (χ4n) is 1.76. The van der Waals surface area contributed by atoms with Gasteiger partial charge in [0.25, 0.3) is 5.91 Å². The molecule has 0 aliphatic carbocycles. The predicted molar refractivity (Wildman–Crippen MR) is 76.4 cm³/mol. The van der Waals surface area contributed by atoms with Crippen LogP contribution in [0.3, 0.4) is 0 Å². The van der Waals surface area contributed by atoms with Crippen LogP contribution in [0.25, 0.3) is 0 Å². The van der Waals surface area contributed by atoms with Gasteiger partial charge in [0, 0.05) is 5.56 Å². The van der Waals surface area contributed by atoms with E-state index in [1.165, 1.54) is 6.20 Å². The van der Waals surface area contributed by atoms with Crippen LogP contribution in [-0.4, -0.2) is 17.4 Å². The summed E-state index contributed by atoms with van der Waals surface area (Å²) in [6, 6.07) is 10.7. The van der Waals surface area contributed by atoms with E-state index in [1.54, 1.807) is 18.2 Å². The standard InChI is InChI=1S/C14H14ClN3O/c15-13-6-5-11(9-17-13)18-14(19)12-4-2-1-3-10(12)7-8-16/h1-6,9H,7-8,16H2,(H,18,19). The molecule has 1 amide bonds. The molecule has 2 aromatic rings. The number of carbonyl (C=O) groups is 1. The first-order valence-corrected chi connectivity index (χ1v) is 6.29. The minimum Gasteiger partial charge on any atom is -0.330 e. The van der Waals surface area contributed by atoms with E-state index in [1.807, 2.05) is 18.2 Å². The number of pyridine rings is 1. The van der Waals surface area contributed by atoms with Crippen LogP contribution in [0.2, 0.25) is 5.15 Å². The molecule has 2 rings (SSSR count). The third-order valence-electron chi connectivity index (χ3n) is 2.66. The summed E-state index contributed by atoms with van der Waals surface area (Å²) in [6.45, 7) is 0.507. The van der Waals surface area contributed by atoms with Crippen LogP contribution in [-0.2, 0) is 6.42 Å². The van der Waals surface area contributed by atoms with Crippen LogP contribution in [0, 0.1) is 0 Å². The van der Waals surface area contributed by atoms with Gasteiger partial charge in [-0.1, -0.05) is 29.8 Å². The monoisotopic (exact) mass is 275 g/mol. The molecule has 5 heteroatoms. The number of benzene rings is 1. The summed E-state index contributed by atoms with van der Waals surface area (Å²) < 4.78 is 0. The first-order chi connectivity index (χ1) is 9.20. The van der Waals surface area contributed by atoms with Crippen molar-refractivity contribution < 1.29 is 4.79 Å². The number of halogens is 1. The van der Waals surface area contributed by atoms with Gasteiger partial charge in [0.15, 0.2) is 0 Å². The lowest BCUT2D eigenvalue weighted by Crippen LogP contribution is -2.16. The van der Waals surface area contributed by atoms with Crippen LogP contribution in [0.15, 0.2) is 42.6 Å². The van der Waals surface area contributed by atoms with E-state index in [-0.39, 0.29) is 5.91 Å². The number of carbonyl (C=O) groups excluding carboxylic acids is 1. The second-order valence-corrected chi connectivity index (χ2v) is 4.41. The highest BCUT2D eigenvalue weighted by atomic mass is 35.5. The van der Waals surface area contributed by atoms with Crippen molar-refractivity contribution in [3.8, 4) is 0 Å². The van der Waals surface area contributed by atoms with Gasteiger partial charge in [0.2, 0.25) is 0 Å². The van der Waals surface area contributed by atoms with Crippen LogP contribution in [0.4, 0.5) is 5.69 Å². The van der Waals surface area contributed by atoms with E-state index < -0.39 is 0 Å². The summed E-state index contributed by atoms with van der Waals surface area (Å²) in [6.07, 6.45) is 2.19. The van der Waals surface area contributed by atoms with Gasteiger partial charge in [-0.25, -0.2) is 4.98 Å². The van der Waals surface area contributed by atoms with Crippen molar-refractivity contribution in [1.29, 1.82) is 0 Å². The lowest BCUT2D eigenvalue weighted by atomic mass is 10.0. The Bertz CT molecular complexity index is 569. The maximum Gasteiger partial charge on any atom is 0.255 e. The SMILES string of the molecule is NCCc1ccccc1C(=O)Nc1ccc(Cl)nc1. The van der Waals surface area contributed by atoms with Crippen LogP contribution in [0.1, 0.15) is 15.9 Å². The lowest BCUT2D eigenvalue weighted by molar-refractivity contribution is 0.102. The number of nitrogens with two attached hydrogens (primary N) is 1. The maximum absolute atomic E-state index is 12.2. The number of aromatic nitrogens is 1. The fraction of sp³-hybridized carbons (Fsp3) is 0.143. The Morgan fingerprint density at radius 1 is 1.26 bits per heavy atom. The van der Waals surface area contributed by atoms with E-state index in [9.17, 15) is 4.79 Å². The highest BCUT2D eigenvalue weighted by molar-refractivity contribution is 6.29. The highest BCUT2D eigenvalue weighted by Gasteiger charge is 2.10. The molecule has 0 atom stereocenters. The van der Waals surface area contributed by atoms with Crippen molar-refractivity contribution in [3.63, 3.8) is 0 Å². The molecule has 0 radical (unpaired) electrons. The Kier molecular flexibility index (Phi) is 4.49. The molecule has 0 unspecified atom stereocenters. The highest BCUT2D eigenvalue weighted by Crippen LogP contribution is 2.14. The molecular formula is C14H14ClN3O. The van der Waals surface area contributed by atoms with E-state index >= 15 is 0 Å². The van der Waals surface area contributed by atoms with E-state index in [0.717, 1.165) is 5.56 Å². The van der Waals surface area contributed by atoms with Crippen molar-refractivity contribution in [2.45, 2.75) is 6.42 Å². The maximum atomic E-state index is 12.2. The number of hydrogen-bond acceptors (Lipinski definition) is 3. The average molecular weight is 276 g/mol. The summed E-state index contributed by atoms with van der Waals surface area (Å²) in [7, 11) is 0. The Morgan fingerprint density at radius 3 is 2.74 bits per heavy atom. The summed E-state index contributed by atoms with van der Waals surface area (Å²) in [4.78, 5) is 16.1. The molecule has 0 spiro atoms. The Balaban J connectivity index is 2.18. The number of nitrogens with one attached hydrogen (secondary N) is 1. The van der Waals surface area contributed by atoms with Gasteiger partial charge in [0.1, 0.15) is 5.15 Å². The fourth-order valence-corrected chi connectivity index (χ4v) is 1.88. The molecule has 0 fully saturated rings. The van der Waals surface area contributed by atoms with Crippen molar-refractivity contribution >= 4 is 23.2 Å². The molecule has 0 saturated heterocycles. The number of rotatable bonds is 4. The van der Waals surface area contributed by atoms with Gasteiger partial charge >= 0.3 is 0 Å². The smallest absolute Gasteiger partial charge is 0.255 e. The first-order valence-electron chi connectivity index (χ1n) is 5.91. The van der Waals surface area contributed by atoms with Crippen LogP contribution in [0.5, 0.6) is 0 Å². The molecule has 3 N–H and O–H groups in total. The Morgan fingerprint density at radius 2 is 2.05 bits per heavy atom. The number of hydrogen-bond donors (Lipinski definition) is 2. The zero-order chi connectivity index (χ0) is 13.7. The Hall–Kier alpha value is -1.91. The van der Waals surface area contributed by atoms with E-state index in [2.05, 4.69) is 10.3 Å². The third-order valence-corrected chi connectivity index (χ3v) is 2.88. The second kappa shape index (κ2) is 6.31. The quantitative estimate of drug-likeness (QED) is 0.843. The molecule has 0 saturated carbocycles. The first kappa shape index (κ1) is 13.5. The van der Waals surface area contributed by atoms with E-state index in [0.29, 0.717) is 29.4 Å². The molecule has 1 aromatic carbocycles. The third kappa shape index (κ3) is 3.53. The summed E-state index contributed by atoms with van der Waals surface area (Å²) in [5.74, 6) is -0.173. The number of nitrogens with zero attached hydrogens (tertiary/aromatic N) is 1. The molecular weight excluding hydrogens is 262 g/mol. The van der Waals surface area contributed by atoms with Gasteiger partial charge in [-0.15, -0.1) is 0 Å². The average Bonchev–Trinajstić information content (AvgIpc) is 2.42. The molecule has 1 aromatic heterocycles. The molecule has 0 aliphatic heterocycles. The topological polar surface area (TPSA) is 68.0 Å². The number of amides is 1. The van der Waals surface area contributed by atoms with Crippen LogP contribution < -0.4 is 11.1 Å². The largest absolute Gasteiger partial charge is 0.330 e. The van der Waals surface area contributed by atoms with Crippen molar-refractivity contribution in [2.75, 3.05) is 11.9 Å². The normalized spacial score (nSPS) is 10.2. The minimum absolute atomic E-state index is 0.173. The van der Waals surface area contributed by atoms with Crippen molar-refractivity contribution in [1.82, 2.24) is 4.98 Å². The van der Waals surface area contributed by atoms with Gasteiger partial charge in [-0.3, -0.25) is 4.79 Å². The van der Waals surface area contributed by atoms with Crippen molar-refractivity contribution in [2.24, 2.45) is 5.73 Å². The number of anilines is 1. The van der Waals surface area contributed by atoms with Gasteiger partial charge < -0.3 is 11.1 Å². The molecule has 1 heterocycles. The van der Waals surface area contributed by atoms with E-state index in [4.69, 9.17) is 17.3 Å². The zero-order valence-corrected chi connectivity index (χ0v) is 11.0. The minimum atomic E-state index is -0.173. The van der Waals surface area contributed by atoms with Gasteiger partial charge in [0.05, 0.1) is 11.9 Å². The molecule has 0 aliphatic rings. The molecule has 98 valence electrons. The summed E-state index contributed by atoms with van der Waals surface area (Å²) >= 11 is 5.69. The van der Waals surface area contributed by atoms with Crippen molar-refractivity contribution in [3.05, 3.63) is 58.9 Å². The van der Waals surface area contributed by atoms with Gasteiger partial charge in [-0.2, -0.15) is 0 Å². The second-order valence-electron chi connectivity index (χ2n) is 4.02. The summed E-state index contributed by atoms with van der Waals surface area (Å²) in [5, 5.41) is 3.17. The molecule has 19 heavy (non-hydrogen) atoms. The zero-order valence-electron chi connectivity index (χ0n) is 10.3. The molecule has 0 bridgehead atoms. The van der Waals surface area contributed by atoms with Crippen LogP contribution >= 0.6 is 11.6 Å². The summed E-state index contributed by atoms with van der Waals surface area (Å²) in [5.41, 5.74) is 7.71. The predicted octanol–water partition coefficient (Wildman–Crippen LogP) is 2.49.